The molecule has 0 saturated carbocycles. The van der Waals surface area contributed by atoms with E-state index in [-0.39, 0.29) is 0 Å². The van der Waals surface area contributed by atoms with Gasteiger partial charge in [-0.15, -0.1) is 0 Å². The summed E-state index contributed by atoms with van der Waals surface area (Å²) in [5, 5.41) is 4.27. The van der Waals surface area contributed by atoms with Gasteiger partial charge < -0.3 is 5.73 Å². The molecule has 0 bridgehead atoms. The first kappa shape index (κ1) is 12.2. The average molecular weight is 210 g/mol. The highest BCUT2D eigenvalue weighted by atomic mass is 15.3. The molecule has 0 atom stereocenters. The van der Waals surface area contributed by atoms with Crippen LogP contribution in [-0.4, -0.2) is 34.3 Å². The predicted molar refractivity (Wildman–Crippen MR) is 62.5 cm³/mol. The van der Waals surface area contributed by atoms with E-state index in [4.69, 9.17) is 5.73 Å². The molecular formula is C11H22N4. The number of rotatable bonds is 7. The summed E-state index contributed by atoms with van der Waals surface area (Å²) in [5.74, 6) is 0. The maximum atomic E-state index is 5.58. The molecule has 2 N–H and O–H groups in total. The summed E-state index contributed by atoms with van der Waals surface area (Å²) in [6.07, 6.45) is 5.23. The van der Waals surface area contributed by atoms with Crippen molar-refractivity contribution in [2.75, 3.05) is 19.6 Å². The highest BCUT2D eigenvalue weighted by Gasteiger charge is 2.05. The molecule has 0 aliphatic rings. The lowest BCUT2D eigenvalue weighted by Crippen LogP contribution is -2.29. The minimum atomic E-state index is 0.724. The molecule has 0 aliphatic carbocycles. The van der Waals surface area contributed by atoms with Crippen molar-refractivity contribution in [2.45, 2.75) is 33.4 Å². The van der Waals surface area contributed by atoms with Crippen LogP contribution in [0, 0.1) is 0 Å². The fourth-order valence-corrected chi connectivity index (χ4v) is 1.69. The van der Waals surface area contributed by atoms with Crippen LogP contribution in [-0.2, 0) is 13.1 Å². The van der Waals surface area contributed by atoms with Crippen LogP contribution >= 0.6 is 0 Å². The van der Waals surface area contributed by atoms with Gasteiger partial charge >= 0.3 is 0 Å². The van der Waals surface area contributed by atoms with Gasteiger partial charge in [0.25, 0.3) is 0 Å². The highest BCUT2D eigenvalue weighted by molar-refractivity contribution is 5.03. The predicted octanol–water partition coefficient (Wildman–Crippen LogP) is 1.07. The molecule has 4 heteroatoms. The molecular weight excluding hydrogens is 188 g/mol. The number of hydrogen-bond donors (Lipinski definition) is 1. The molecule has 0 amide bonds. The maximum absolute atomic E-state index is 5.58. The third-order valence-corrected chi connectivity index (χ3v) is 2.40. The Hall–Kier alpha value is -0.870. The van der Waals surface area contributed by atoms with Gasteiger partial charge in [0.1, 0.15) is 0 Å². The van der Waals surface area contributed by atoms with Crippen molar-refractivity contribution in [1.82, 2.24) is 14.7 Å². The van der Waals surface area contributed by atoms with E-state index in [1.54, 1.807) is 0 Å². The fraction of sp³-hybridized carbons (Fsp3) is 0.727. The smallest absolute Gasteiger partial charge is 0.0534 e. The van der Waals surface area contributed by atoms with Crippen LogP contribution < -0.4 is 5.73 Å². The molecule has 0 spiro atoms. The number of hydrogen-bond acceptors (Lipinski definition) is 3. The monoisotopic (exact) mass is 210 g/mol. The molecule has 1 rings (SSSR count). The topological polar surface area (TPSA) is 47.1 Å². The molecule has 0 unspecified atom stereocenters. The Kier molecular flexibility index (Phi) is 5.36. The van der Waals surface area contributed by atoms with Crippen molar-refractivity contribution in [3.05, 3.63) is 18.0 Å². The Morgan fingerprint density at radius 2 is 2.20 bits per heavy atom. The molecule has 0 fully saturated rings. The first-order chi connectivity index (χ1) is 7.30. The van der Waals surface area contributed by atoms with Gasteiger partial charge in [0.15, 0.2) is 0 Å². The van der Waals surface area contributed by atoms with Crippen LogP contribution in [0.15, 0.2) is 12.4 Å². The first-order valence-electron chi connectivity index (χ1n) is 5.73. The van der Waals surface area contributed by atoms with Gasteiger partial charge in [-0.1, -0.05) is 6.92 Å². The zero-order valence-corrected chi connectivity index (χ0v) is 9.82. The molecule has 0 aromatic carbocycles. The number of aromatic nitrogens is 2. The van der Waals surface area contributed by atoms with E-state index in [0.29, 0.717) is 0 Å². The van der Waals surface area contributed by atoms with Gasteiger partial charge in [0.05, 0.1) is 6.20 Å². The summed E-state index contributed by atoms with van der Waals surface area (Å²) in [6.45, 7) is 8.98. The molecule has 0 radical (unpaired) electrons. The van der Waals surface area contributed by atoms with Crippen LogP contribution in [0.5, 0.6) is 0 Å². The molecule has 0 saturated heterocycles. The summed E-state index contributed by atoms with van der Waals surface area (Å²) in [5.41, 5.74) is 6.86. The minimum absolute atomic E-state index is 0.724. The van der Waals surface area contributed by atoms with Gasteiger partial charge in [-0.3, -0.25) is 9.58 Å². The zero-order chi connectivity index (χ0) is 11.1. The van der Waals surface area contributed by atoms with Crippen molar-refractivity contribution in [3.8, 4) is 0 Å². The molecule has 4 nitrogen and oxygen atoms in total. The van der Waals surface area contributed by atoms with E-state index in [1.165, 1.54) is 12.0 Å². The highest BCUT2D eigenvalue weighted by Crippen LogP contribution is 2.03. The first-order valence-corrected chi connectivity index (χ1v) is 5.73. The third kappa shape index (κ3) is 4.01. The van der Waals surface area contributed by atoms with Crippen molar-refractivity contribution >= 4 is 0 Å². The SMILES string of the molecule is CCCN(CCN)Cc1cnn(CC)c1. The van der Waals surface area contributed by atoms with E-state index in [1.807, 2.05) is 10.9 Å². The summed E-state index contributed by atoms with van der Waals surface area (Å²) < 4.78 is 1.96. The second kappa shape index (κ2) is 6.58. The summed E-state index contributed by atoms with van der Waals surface area (Å²) in [6, 6.07) is 0. The molecule has 1 aromatic rings. The lowest BCUT2D eigenvalue weighted by Gasteiger charge is -2.19. The normalized spacial score (nSPS) is 11.2. The Labute approximate surface area is 92.1 Å². The third-order valence-electron chi connectivity index (χ3n) is 2.40. The fourth-order valence-electron chi connectivity index (χ4n) is 1.69. The van der Waals surface area contributed by atoms with Crippen LogP contribution in [0.2, 0.25) is 0 Å². The van der Waals surface area contributed by atoms with E-state index in [9.17, 15) is 0 Å². The summed E-state index contributed by atoms with van der Waals surface area (Å²) in [7, 11) is 0. The number of nitrogens with two attached hydrogens (primary N) is 1. The molecule has 15 heavy (non-hydrogen) atoms. The van der Waals surface area contributed by atoms with E-state index >= 15 is 0 Å². The molecule has 1 aromatic heterocycles. The van der Waals surface area contributed by atoms with Gasteiger partial charge in [0.2, 0.25) is 0 Å². The van der Waals surface area contributed by atoms with Crippen molar-refractivity contribution < 1.29 is 0 Å². The Morgan fingerprint density at radius 1 is 1.40 bits per heavy atom. The minimum Gasteiger partial charge on any atom is -0.329 e. The van der Waals surface area contributed by atoms with Crippen LogP contribution in [0.25, 0.3) is 0 Å². The standard InChI is InChI=1S/C11H22N4/c1-3-6-14(7-5-12)9-11-8-13-15(4-2)10-11/h8,10H,3-7,9,12H2,1-2H3. The van der Waals surface area contributed by atoms with E-state index in [2.05, 4.69) is 30.0 Å². The zero-order valence-electron chi connectivity index (χ0n) is 9.82. The maximum Gasteiger partial charge on any atom is 0.0534 e. The second-order valence-corrected chi connectivity index (χ2v) is 3.77. The van der Waals surface area contributed by atoms with Gasteiger partial charge in [-0.25, -0.2) is 0 Å². The molecule has 0 aliphatic heterocycles. The molecule has 86 valence electrons. The lowest BCUT2D eigenvalue weighted by atomic mass is 10.3. The summed E-state index contributed by atoms with van der Waals surface area (Å²) in [4.78, 5) is 2.37. The average Bonchev–Trinajstić information content (AvgIpc) is 2.66. The molecule has 1 heterocycles. The van der Waals surface area contributed by atoms with Crippen molar-refractivity contribution in [2.24, 2.45) is 5.73 Å². The van der Waals surface area contributed by atoms with Gasteiger partial charge in [0, 0.05) is 37.9 Å². The van der Waals surface area contributed by atoms with Crippen LogP contribution in [0.1, 0.15) is 25.8 Å². The van der Waals surface area contributed by atoms with Gasteiger partial charge in [-0.05, 0) is 19.9 Å². The second-order valence-electron chi connectivity index (χ2n) is 3.77. The van der Waals surface area contributed by atoms with Crippen molar-refractivity contribution in [1.29, 1.82) is 0 Å². The van der Waals surface area contributed by atoms with Gasteiger partial charge in [-0.2, -0.15) is 5.10 Å². The van der Waals surface area contributed by atoms with E-state index in [0.717, 1.165) is 32.7 Å². The summed E-state index contributed by atoms with van der Waals surface area (Å²) >= 11 is 0. The quantitative estimate of drug-likeness (QED) is 0.732. The lowest BCUT2D eigenvalue weighted by molar-refractivity contribution is 0.273. The Bertz CT molecular complexity index is 263. The van der Waals surface area contributed by atoms with E-state index < -0.39 is 0 Å². The largest absolute Gasteiger partial charge is 0.329 e. The van der Waals surface area contributed by atoms with Crippen molar-refractivity contribution in [3.63, 3.8) is 0 Å². The van der Waals surface area contributed by atoms with Crippen LogP contribution in [0.4, 0.5) is 0 Å². The Morgan fingerprint density at radius 3 is 2.73 bits per heavy atom. The van der Waals surface area contributed by atoms with Crippen LogP contribution in [0.3, 0.4) is 0 Å². The Balaban J connectivity index is 2.48. The number of aryl methyl sites for hydroxylation is 1. The number of nitrogens with zero attached hydrogens (tertiary/aromatic N) is 3.